The van der Waals surface area contributed by atoms with Gasteiger partial charge in [-0.3, -0.25) is 4.79 Å². The van der Waals surface area contributed by atoms with E-state index in [0.717, 1.165) is 12.0 Å². The molecule has 144 valence electrons. The smallest absolute Gasteiger partial charge is 0.224 e. The van der Waals surface area contributed by atoms with Crippen molar-refractivity contribution < 1.29 is 18.7 Å². The van der Waals surface area contributed by atoms with Gasteiger partial charge in [0.1, 0.15) is 5.82 Å². The fourth-order valence-electron chi connectivity index (χ4n) is 3.06. The lowest BCUT2D eigenvalue weighted by Crippen LogP contribution is -2.37. The zero-order valence-electron chi connectivity index (χ0n) is 15.5. The molecule has 0 saturated carbocycles. The van der Waals surface area contributed by atoms with Gasteiger partial charge >= 0.3 is 0 Å². The Morgan fingerprint density at radius 2 is 1.96 bits per heavy atom. The third kappa shape index (κ3) is 4.72. The van der Waals surface area contributed by atoms with Crippen LogP contribution in [0.4, 0.5) is 4.39 Å². The summed E-state index contributed by atoms with van der Waals surface area (Å²) in [6.45, 7) is 5.23. The number of ether oxygens (including phenoxy) is 2. The minimum absolute atomic E-state index is 0.156. The van der Waals surface area contributed by atoms with Crippen LogP contribution in [0.25, 0.3) is 0 Å². The van der Waals surface area contributed by atoms with E-state index in [0.29, 0.717) is 41.8 Å². The fourth-order valence-corrected chi connectivity index (χ4v) is 3.35. The molecule has 0 atom stereocenters. The number of benzene rings is 2. The molecule has 2 aromatic carbocycles. The van der Waals surface area contributed by atoms with Crippen molar-refractivity contribution >= 4 is 17.5 Å². The number of nitrogens with one attached hydrogen (secondary N) is 1. The van der Waals surface area contributed by atoms with Crippen LogP contribution in [0.5, 0.6) is 11.5 Å². The van der Waals surface area contributed by atoms with E-state index in [9.17, 15) is 9.18 Å². The molecule has 3 rings (SSSR count). The Morgan fingerprint density at radius 1 is 1.22 bits per heavy atom. The summed E-state index contributed by atoms with van der Waals surface area (Å²) in [5, 5.41) is 3.32. The van der Waals surface area contributed by atoms with Gasteiger partial charge in [-0.25, -0.2) is 4.39 Å². The first kappa shape index (κ1) is 19.5. The van der Waals surface area contributed by atoms with E-state index in [2.05, 4.69) is 5.32 Å². The second-order valence-corrected chi connectivity index (χ2v) is 7.68. The van der Waals surface area contributed by atoms with Crippen LogP contribution in [-0.4, -0.2) is 25.7 Å². The number of carbonyl (C=O) groups excluding carboxylic acids is 1. The maximum Gasteiger partial charge on any atom is 0.224 e. The highest BCUT2D eigenvalue weighted by Crippen LogP contribution is 2.38. The average Bonchev–Trinajstić information content (AvgIpc) is 2.86. The predicted molar refractivity (Wildman–Crippen MR) is 103 cm³/mol. The van der Waals surface area contributed by atoms with Crippen molar-refractivity contribution in [3.05, 3.63) is 58.4 Å². The molecule has 0 spiro atoms. The number of hydrogen-bond donors (Lipinski definition) is 1. The van der Waals surface area contributed by atoms with Gasteiger partial charge in [0.2, 0.25) is 5.91 Å². The van der Waals surface area contributed by atoms with Crippen LogP contribution in [0.2, 0.25) is 5.02 Å². The van der Waals surface area contributed by atoms with Crippen LogP contribution in [0.15, 0.2) is 36.4 Å². The molecule has 0 bridgehead atoms. The molecule has 1 heterocycles. The summed E-state index contributed by atoms with van der Waals surface area (Å²) in [5.74, 6) is 0.657. The second-order valence-electron chi connectivity index (χ2n) is 7.27. The molecule has 0 saturated heterocycles. The quantitative estimate of drug-likeness (QED) is 0.827. The Bertz CT molecular complexity index is 838. The Hall–Kier alpha value is -2.27. The molecule has 27 heavy (non-hydrogen) atoms. The molecule has 1 N–H and O–H groups in total. The highest BCUT2D eigenvalue weighted by Gasteiger charge is 2.25. The number of hydrogen-bond acceptors (Lipinski definition) is 3. The normalized spacial score (nSPS) is 13.8. The second kappa shape index (κ2) is 8.17. The van der Waals surface area contributed by atoms with Gasteiger partial charge in [0, 0.05) is 18.4 Å². The van der Waals surface area contributed by atoms with Crippen molar-refractivity contribution in [1.82, 2.24) is 5.32 Å². The van der Waals surface area contributed by atoms with E-state index >= 15 is 0 Å². The van der Waals surface area contributed by atoms with Gasteiger partial charge in [0.25, 0.3) is 0 Å². The van der Waals surface area contributed by atoms with Crippen LogP contribution in [0.3, 0.4) is 0 Å². The zero-order valence-corrected chi connectivity index (χ0v) is 16.2. The minimum atomic E-state index is -0.524. The van der Waals surface area contributed by atoms with E-state index in [1.807, 2.05) is 13.8 Å². The maximum absolute atomic E-state index is 14.0. The van der Waals surface area contributed by atoms with E-state index < -0.39 is 5.41 Å². The van der Waals surface area contributed by atoms with Gasteiger partial charge in [0.15, 0.2) is 11.5 Å². The lowest BCUT2D eigenvalue weighted by molar-refractivity contribution is -0.120. The Balaban J connectivity index is 1.65. The Kier molecular flexibility index (Phi) is 5.90. The van der Waals surface area contributed by atoms with Crippen molar-refractivity contribution in [2.24, 2.45) is 0 Å². The number of carbonyl (C=O) groups is 1. The van der Waals surface area contributed by atoms with Gasteiger partial charge < -0.3 is 14.8 Å². The molecular formula is C21H23ClFNO3. The number of amides is 1. The summed E-state index contributed by atoms with van der Waals surface area (Å²) < 4.78 is 25.3. The molecule has 1 aliphatic heterocycles. The molecule has 4 nitrogen and oxygen atoms in total. The summed E-state index contributed by atoms with van der Waals surface area (Å²) in [6, 6.07) is 10.1. The lowest BCUT2D eigenvalue weighted by Gasteiger charge is -2.26. The molecule has 2 aromatic rings. The maximum atomic E-state index is 14.0. The topological polar surface area (TPSA) is 47.6 Å². The first-order chi connectivity index (χ1) is 12.9. The Morgan fingerprint density at radius 3 is 2.74 bits per heavy atom. The molecule has 0 fully saturated rings. The van der Waals surface area contributed by atoms with E-state index in [-0.39, 0.29) is 18.1 Å². The average molecular weight is 392 g/mol. The van der Waals surface area contributed by atoms with Gasteiger partial charge in [0.05, 0.1) is 24.7 Å². The summed E-state index contributed by atoms with van der Waals surface area (Å²) in [6.07, 6.45) is 0.940. The molecular weight excluding hydrogens is 369 g/mol. The predicted octanol–water partition coefficient (Wildman–Crippen LogP) is 4.28. The number of rotatable bonds is 5. The molecule has 1 aliphatic rings. The highest BCUT2D eigenvalue weighted by molar-refractivity contribution is 6.32. The van der Waals surface area contributed by atoms with Crippen LogP contribution in [0.1, 0.15) is 31.4 Å². The molecule has 0 unspecified atom stereocenters. The third-order valence-electron chi connectivity index (χ3n) is 4.56. The standard InChI is InChI=1S/C21H23ClFNO3/c1-21(2,15-6-3-4-7-17(15)23)13-24-19(25)12-14-10-16(22)20-18(11-14)26-8-5-9-27-20/h3-4,6-7,10-11H,5,8-9,12-13H2,1-2H3,(H,24,25). The van der Waals surface area contributed by atoms with Crippen molar-refractivity contribution in [2.45, 2.75) is 32.1 Å². The van der Waals surface area contributed by atoms with Crippen LogP contribution >= 0.6 is 11.6 Å². The van der Waals surface area contributed by atoms with Crippen LogP contribution < -0.4 is 14.8 Å². The molecule has 0 aliphatic carbocycles. The van der Waals surface area contributed by atoms with E-state index in [1.165, 1.54) is 6.07 Å². The van der Waals surface area contributed by atoms with Crippen LogP contribution in [0, 0.1) is 5.82 Å². The Labute approximate surface area is 163 Å². The summed E-state index contributed by atoms with van der Waals surface area (Å²) in [5.41, 5.74) is 0.790. The third-order valence-corrected chi connectivity index (χ3v) is 4.84. The molecule has 6 heteroatoms. The summed E-state index contributed by atoms with van der Waals surface area (Å²) in [7, 11) is 0. The monoisotopic (exact) mass is 391 g/mol. The number of halogens is 2. The van der Waals surface area contributed by atoms with Crippen molar-refractivity contribution in [2.75, 3.05) is 19.8 Å². The van der Waals surface area contributed by atoms with Crippen LogP contribution in [-0.2, 0) is 16.6 Å². The van der Waals surface area contributed by atoms with Crippen molar-refractivity contribution in [1.29, 1.82) is 0 Å². The fraction of sp³-hybridized carbons (Fsp3) is 0.381. The molecule has 1 amide bonds. The summed E-state index contributed by atoms with van der Waals surface area (Å²) in [4.78, 5) is 12.4. The summed E-state index contributed by atoms with van der Waals surface area (Å²) >= 11 is 6.27. The van der Waals surface area contributed by atoms with Crippen molar-refractivity contribution in [3.8, 4) is 11.5 Å². The SMILES string of the molecule is CC(C)(CNC(=O)Cc1cc(Cl)c2c(c1)OCCCO2)c1ccccc1F. The molecule has 0 radical (unpaired) electrons. The zero-order chi connectivity index (χ0) is 19.4. The lowest BCUT2D eigenvalue weighted by atomic mass is 9.84. The van der Waals surface area contributed by atoms with Gasteiger partial charge in [-0.2, -0.15) is 0 Å². The van der Waals surface area contributed by atoms with Gasteiger partial charge in [-0.15, -0.1) is 0 Å². The van der Waals surface area contributed by atoms with E-state index in [1.54, 1.807) is 30.3 Å². The van der Waals surface area contributed by atoms with Gasteiger partial charge in [-0.1, -0.05) is 43.6 Å². The first-order valence-electron chi connectivity index (χ1n) is 8.96. The van der Waals surface area contributed by atoms with Gasteiger partial charge in [-0.05, 0) is 29.3 Å². The van der Waals surface area contributed by atoms with E-state index in [4.69, 9.17) is 21.1 Å². The largest absolute Gasteiger partial charge is 0.489 e. The van der Waals surface area contributed by atoms with Crippen molar-refractivity contribution in [3.63, 3.8) is 0 Å². The first-order valence-corrected chi connectivity index (χ1v) is 9.34. The minimum Gasteiger partial charge on any atom is -0.489 e. The molecule has 0 aromatic heterocycles. The highest BCUT2D eigenvalue weighted by atomic mass is 35.5. The number of fused-ring (bicyclic) bond motifs is 1.